The molecular weight excluding hydrogens is 457 g/mol. The number of amides is 1. The Balaban J connectivity index is 1.75. The van der Waals surface area contributed by atoms with E-state index in [2.05, 4.69) is 0 Å². The van der Waals surface area contributed by atoms with E-state index in [0.717, 1.165) is 20.8 Å². The predicted molar refractivity (Wildman–Crippen MR) is 137 cm³/mol. The minimum atomic E-state index is -2.60. The summed E-state index contributed by atoms with van der Waals surface area (Å²) in [5.41, 5.74) is 0.524. The third-order valence-corrected chi connectivity index (χ3v) is 10.9. The summed E-state index contributed by atoms with van der Waals surface area (Å²) < 4.78 is 0. The highest BCUT2D eigenvalue weighted by atomic mass is 31.2. The summed E-state index contributed by atoms with van der Waals surface area (Å²) in [5, 5.41) is 15.7. The number of fused-ring (bicyclic) bond motifs is 1. The van der Waals surface area contributed by atoms with Crippen molar-refractivity contribution in [2.75, 3.05) is 11.1 Å². The number of hydrogen-bond acceptors (Lipinski definition) is 4. The van der Waals surface area contributed by atoms with Gasteiger partial charge in [-0.2, -0.15) is 0 Å². The lowest BCUT2D eigenvalue weighted by atomic mass is 10.1. The molecule has 4 aromatic carbocycles. The zero-order valence-electron chi connectivity index (χ0n) is 18.8. The van der Waals surface area contributed by atoms with Crippen molar-refractivity contribution in [3.05, 3.63) is 121 Å². The number of para-hydroxylation sites is 1. The van der Waals surface area contributed by atoms with Gasteiger partial charge >= 0.3 is 0 Å². The van der Waals surface area contributed by atoms with E-state index in [1.54, 1.807) is 24.3 Å². The van der Waals surface area contributed by atoms with Gasteiger partial charge in [0.15, 0.2) is 0 Å². The second kappa shape index (κ2) is 9.28. The zero-order valence-corrected chi connectivity index (χ0v) is 19.7. The van der Waals surface area contributed by atoms with Gasteiger partial charge in [0.25, 0.3) is 11.7 Å². The Morgan fingerprint density at radius 3 is 1.57 bits per heavy atom. The van der Waals surface area contributed by atoms with E-state index in [1.165, 1.54) is 0 Å². The predicted octanol–water partition coefficient (Wildman–Crippen LogP) is 2.33. The van der Waals surface area contributed by atoms with Crippen LogP contribution in [0.3, 0.4) is 0 Å². The quantitative estimate of drug-likeness (QED) is 0.301. The second-order valence-electron chi connectivity index (χ2n) is 8.36. The van der Waals surface area contributed by atoms with Gasteiger partial charge in [0.2, 0.25) is 0 Å². The number of carbonyl (C=O) groups is 3. The van der Waals surface area contributed by atoms with Gasteiger partial charge in [-0.1, -0.05) is 66.7 Å². The maximum atomic E-state index is 13.1. The molecule has 0 radical (unpaired) electrons. The molecule has 1 aliphatic rings. The Kier molecular flexibility index (Phi) is 6.02. The average Bonchev–Trinajstić information content (AvgIpc) is 3.16. The topological polar surface area (TPSA) is 77.5 Å². The SMILES string of the molecule is O=C1C(=O)N(C(C[P+](c2ccccc2)(c2ccccc2)c2ccccc2)C(=O)[O-])c2ccccc21. The molecule has 35 heavy (non-hydrogen) atoms. The third kappa shape index (κ3) is 3.84. The van der Waals surface area contributed by atoms with Gasteiger partial charge in [-0.05, 0) is 48.5 Å². The molecule has 0 aliphatic carbocycles. The van der Waals surface area contributed by atoms with Crippen LogP contribution in [0.4, 0.5) is 5.69 Å². The first-order valence-corrected chi connectivity index (χ1v) is 13.2. The fourth-order valence-corrected chi connectivity index (χ4v) is 9.25. The molecule has 6 heteroatoms. The first-order valence-electron chi connectivity index (χ1n) is 11.3. The fourth-order valence-electron chi connectivity index (χ4n) is 4.85. The first kappa shape index (κ1) is 22.7. The number of carboxylic acids is 1. The summed E-state index contributed by atoms with van der Waals surface area (Å²) in [6.45, 7) is 0. The Labute approximate surface area is 204 Å². The molecule has 4 aromatic rings. The van der Waals surface area contributed by atoms with E-state index in [9.17, 15) is 19.5 Å². The number of carboxylic acid groups (broad SMARTS) is 1. The van der Waals surface area contributed by atoms with Crippen LogP contribution in [-0.4, -0.2) is 29.9 Å². The summed E-state index contributed by atoms with van der Waals surface area (Å²) in [6, 6.07) is 34.6. The standard InChI is InChI=1S/C29H22NO4P/c31-27-24-18-10-11-19-25(24)30(28(27)32)26(29(33)34)20-35(21-12-4-1-5-13-21,22-14-6-2-7-15-22)23-16-8-3-9-17-23/h1-19,26H,20H2. The minimum absolute atomic E-state index is 0.0841. The lowest BCUT2D eigenvalue weighted by molar-refractivity contribution is -0.306. The van der Waals surface area contributed by atoms with Crippen molar-refractivity contribution in [1.82, 2.24) is 0 Å². The van der Waals surface area contributed by atoms with Crippen LogP contribution in [0, 0.1) is 0 Å². The molecule has 0 aromatic heterocycles. The molecule has 0 bridgehead atoms. The maximum Gasteiger partial charge on any atom is 0.300 e. The van der Waals surface area contributed by atoms with Crippen LogP contribution in [0.2, 0.25) is 0 Å². The molecule has 0 fully saturated rings. The van der Waals surface area contributed by atoms with E-state index in [-0.39, 0.29) is 11.7 Å². The molecule has 5 nitrogen and oxygen atoms in total. The van der Waals surface area contributed by atoms with Gasteiger partial charge in [0, 0.05) is 0 Å². The maximum absolute atomic E-state index is 13.1. The molecule has 0 saturated heterocycles. The Morgan fingerprint density at radius 1 is 0.686 bits per heavy atom. The van der Waals surface area contributed by atoms with Crippen LogP contribution >= 0.6 is 7.26 Å². The molecule has 1 amide bonds. The van der Waals surface area contributed by atoms with Crippen molar-refractivity contribution in [1.29, 1.82) is 0 Å². The van der Waals surface area contributed by atoms with Crippen LogP contribution < -0.4 is 25.9 Å². The second-order valence-corrected chi connectivity index (χ2v) is 11.9. The first-order chi connectivity index (χ1) is 17.0. The van der Waals surface area contributed by atoms with Crippen molar-refractivity contribution in [3.63, 3.8) is 0 Å². The van der Waals surface area contributed by atoms with Crippen LogP contribution in [0.25, 0.3) is 0 Å². The average molecular weight is 479 g/mol. The molecule has 172 valence electrons. The lowest BCUT2D eigenvalue weighted by Crippen LogP contribution is -2.55. The van der Waals surface area contributed by atoms with E-state index < -0.39 is 31.0 Å². The highest BCUT2D eigenvalue weighted by Crippen LogP contribution is 2.56. The normalized spacial score (nSPS) is 14.0. The van der Waals surface area contributed by atoms with Crippen molar-refractivity contribution < 1.29 is 19.5 Å². The van der Waals surface area contributed by atoms with E-state index in [1.807, 2.05) is 91.0 Å². The minimum Gasteiger partial charge on any atom is -0.548 e. The molecule has 1 unspecified atom stereocenters. The molecule has 0 spiro atoms. The van der Waals surface area contributed by atoms with Gasteiger partial charge in [0.1, 0.15) is 29.2 Å². The molecular formula is C29H22NO4P. The van der Waals surface area contributed by atoms with Gasteiger partial charge in [-0.3, -0.25) is 14.5 Å². The van der Waals surface area contributed by atoms with Crippen LogP contribution in [-0.2, 0) is 9.59 Å². The fraction of sp³-hybridized carbons (Fsp3) is 0.0690. The molecule has 1 aliphatic heterocycles. The van der Waals surface area contributed by atoms with E-state index >= 15 is 0 Å². The smallest absolute Gasteiger partial charge is 0.300 e. The van der Waals surface area contributed by atoms with Crippen molar-refractivity contribution in [3.8, 4) is 0 Å². The summed E-state index contributed by atoms with van der Waals surface area (Å²) in [6.07, 6.45) is 0.0841. The number of anilines is 1. The van der Waals surface area contributed by atoms with Crippen molar-refractivity contribution in [2.45, 2.75) is 6.04 Å². The monoisotopic (exact) mass is 479 g/mol. The van der Waals surface area contributed by atoms with Crippen molar-refractivity contribution >= 4 is 46.5 Å². The summed E-state index contributed by atoms with van der Waals surface area (Å²) in [7, 11) is -2.60. The van der Waals surface area contributed by atoms with Crippen LogP contribution in [0.5, 0.6) is 0 Å². The Morgan fingerprint density at radius 2 is 1.11 bits per heavy atom. The summed E-state index contributed by atoms with van der Waals surface area (Å²) in [5.74, 6) is -2.93. The van der Waals surface area contributed by atoms with Gasteiger partial charge in [0.05, 0.1) is 23.4 Å². The van der Waals surface area contributed by atoms with Crippen LogP contribution in [0.15, 0.2) is 115 Å². The number of Topliss-reactive ketones (excluding diaryl/α,β-unsaturated/α-hetero) is 1. The van der Waals surface area contributed by atoms with Gasteiger partial charge in [-0.15, -0.1) is 0 Å². The number of ketones is 1. The Bertz CT molecular complexity index is 1290. The van der Waals surface area contributed by atoms with Crippen LogP contribution in [0.1, 0.15) is 10.4 Å². The third-order valence-electron chi connectivity index (χ3n) is 6.44. The Hall–Kier alpha value is -4.08. The zero-order chi connectivity index (χ0) is 24.4. The molecule has 5 rings (SSSR count). The lowest BCUT2D eigenvalue weighted by Gasteiger charge is -2.35. The summed E-state index contributed by atoms with van der Waals surface area (Å²) >= 11 is 0. The number of benzene rings is 4. The molecule has 0 N–H and O–H groups in total. The van der Waals surface area contributed by atoms with E-state index in [0.29, 0.717) is 5.69 Å². The summed E-state index contributed by atoms with van der Waals surface area (Å²) in [4.78, 5) is 39.7. The number of aliphatic carboxylic acids is 1. The number of carbonyl (C=O) groups excluding carboxylic acids is 3. The highest BCUT2D eigenvalue weighted by molar-refractivity contribution is 7.95. The number of hydrogen-bond donors (Lipinski definition) is 0. The molecule has 0 saturated carbocycles. The largest absolute Gasteiger partial charge is 0.548 e. The van der Waals surface area contributed by atoms with Crippen molar-refractivity contribution in [2.24, 2.45) is 0 Å². The molecule has 1 heterocycles. The highest BCUT2D eigenvalue weighted by Gasteiger charge is 2.51. The van der Waals surface area contributed by atoms with Gasteiger partial charge in [-0.25, -0.2) is 0 Å². The van der Waals surface area contributed by atoms with Gasteiger partial charge < -0.3 is 9.90 Å². The number of rotatable bonds is 7. The van der Waals surface area contributed by atoms with E-state index in [4.69, 9.17) is 0 Å². The number of nitrogens with zero attached hydrogens (tertiary/aromatic N) is 1. The molecule has 1 atom stereocenters.